The molecule has 2 aromatic rings. The molecule has 0 aliphatic carbocycles. The molecule has 1 aliphatic heterocycles. The van der Waals surface area contributed by atoms with E-state index in [1.54, 1.807) is 6.92 Å². The van der Waals surface area contributed by atoms with Crippen LogP contribution < -0.4 is 5.32 Å². The standard InChI is InChI=1S/C16H20N2O3S/c1-12-15(11-22(19,20)14-7-9-17-10-8-14)21-16(18-12)13-5-3-2-4-6-13/h2-6,14,17H,7-11H2,1H3. The third kappa shape index (κ3) is 3.23. The van der Waals surface area contributed by atoms with Crippen LogP contribution in [0.2, 0.25) is 0 Å². The van der Waals surface area contributed by atoms with Gasteiger partial charge in [-0.05, 0) is 45.0 Å². The van der Waals surface area contributed by atoms with Crippen molar-refractivity contribution in [2.45, 2.75) is 30.8 Å². The van der Waals surface area contributed by atoms with E-state index in [4.69, 9.17) is 4.42 Å². The normalized spacial score (nSPS) is 16.8. The van der Waals surface area contributed by atoms with Gasteiger partial charge in [-0.1, -0.05) is 18.2 Å². The number of aryl methyl sites for hydroxylation is 1. The quantitative estimate of drug-likeness (QED) is 0.936. The minimum Gasteiger partial charge on any atom is -0.440 e. The summed E-state index contributed by atoms with van der Waals surface area (Å²) in [5, 5.41) is 2.91. The number of hydrogen-bond donors (Lipinski definition) is 1. The molecule has 0 unspecified atom stereocenters. The molecule has 6 heteroatoms. The molecule has 0 bridgehead atoms. The first-order valence-corrected chi connectivity index (χ1v) is 9.22. The first kappa shape index (κ1) is 15.2. The Morgan fingerprint density at radius 1 is 1.23 bits per heavy atom. The van der Waals surface area contributed by atoms with Gasteiger partial charge in [0.15, 0.2) is 9.84 Å². The number of nitrogens with one attached hydrogen (secondary N) is 1. The van der Waals surface area contributed by atoms with E-state index in [0.717, 1.165) is 18.7 Å². The summed E-state index contributed by atoms with van der Waals surface area (Å²) in [4.78, 5) is 4.37. The molecule has 5 nitrogen and oxygen atoms in total. The van der Waals surface area contributed by atoms with E-state index in [-0.39, 0.29) is 11.0 Å². The monoisotopic (exact) mass is 320 g/mol. The van der Waals surface area contributed by atoms with Gasteiger partial charge >= 0.3 is 0 Å². The van der Waals surface area contributed by atoms with Crippen LogP contribution in [0.15, 0.2) is 34.7 Å². The fraction of sp³-hybridized carbons (Fsp3) is 0.438. The predicted molar refractivity (Wildman–Crippen MR) is 85.2 cm³/mol. The van der Waals surface area contributed by atoms with E-state index in [0.29, 0.717) is 30.2 Å². The maximum Gasteiger partial charge on any atom is 0.226 e. The highest BCUT2D eigenvalue weighted by molar-refractivity contribution is 7.91. The van der Waals surface area contributed by atoms with Crippen molar-refractivity contribution in [3.63, 3.8) is 0 Å². The summed E-state index contributed by atoms with van der Waals surface area (Å²) < 4.78 is 30.8. The van der Waals surface area contributed by atoms with Crippen molar-refractivity contribution in [1.29, 1.82) is 0 Å². The van der Waals surface area contributed by atoms with E-state index in [1.165, 1.54) is 0 Å². The molecule has 1 N–H and O–H groups in total. The number of nitrogens with zero attached hydrogens (tertiary/aromatic N) is 1. The molecule has 1 aromatic heterocycles. The molecule has 0 saturated carbocycles. The molecular weight excluding hydrogens is 300 g/mol. The fourth-order valence-corrected chi connectivity index (χ4v) is 4.54. The smallest absolute Gasteiger partial charge is 0.226 e. The third-order valence-electron chi connectivity index (χ3n) is 4.04. The number of oxazole rings is 1. The topological polar surface area (TPSA) is 72.2 Å². The van der Waals surface area contributed by atoms with Crippen LogP contribution in [0.5, 0.6) is 0 Å². The lowest BCUT2D eigenvalue weighted by atomic mass is 10.2. The summed E-state index contributed by atoms with van der Waals surface area (Å²) in [6.07, 6.45) is 1.34. The lowest BCUT2D eigenvalue weighted by molar-refractivity contribution is 0.487. The van der Waals surface area contributed by atoms with Crippen molar-refractivity contribution in [1.82, 2.24) is 10.3 Å². The SMILES string of the molecule is Cc1nc(-c2ccccc2)oc1CS(=O)(=O)C1CCNCC1. The van der Waals surface area contributed by atoms with Gasteiger partial charge in [-0.15, -0.1) is 0 Å². The molecule has 1 saturated heterocycles. The average Bonchev–Trinajstić information content (AvgIpc) is 2.89. The van der Waals surface area contributed by atoms with Gasteiger partial charge in [0.05, 0.1) is 10.9 Å². The molecule has 118 valence electrons. The Morgan fingerprint density at radius 3 is 2.59 bits per heavy atom. The molecule has 0 spiro atoms. The minimum atomic E-state index is -3.20. The molecule has 0 atom stereocenters. The van der Waals surface area contributed by atoms with E-state index < -0.39 is 9.84 Å². The molecule has 22 heavy (non-hydrogen) atoms. The van der Waals surface area contributed by atoms with E-state index in [9.17, 15) is 8.42 Å². The minimum absolute atomic E-state index is 0.0661. The molecular formula is C16H20N2O3S. The fourth-order valence-electron chi connectivity index (χ4n) is 2.72. The van der Waals surface area contributed by atoms with Crippen molar-refractivity contribution in [2.75, 3.05) is 13.1 Å². The van der Waals surface area contributed by atoms with Crippen molar-refractivity contribution in [3.05, 3.63) is 41.8 Å². The number of benzene rings is 1. The van der Waals surface area contributed by atoms with Crippen LogP contribution in [0, 0.1) is 6.92 Å². The summed E-state index contributed by atoms with van der Waals surface area (Å²) in [7, 11) is -3.20. The second-order valence-corrected chi connectivity index (χ2v) is 7.93. The second kappa shape index (κ2) is 6.22. The number of aromatic nitrogens is 1. The zero-order valence-electron chi connectivity index (χ0n) is 12.6. The van der Waals surface area contributed by atoms with Gasteiger partial charge in [0.1, 0.15) is 11.5 Å². The van der Waals surface area contributed by atoms with Gasteiger partial charge in [0, 0.05) is 5.56 Å². The zero-order chi connectivity index (χ0) is 15.6. The van der Waals surface area contributed by atoms with E-state index in [1.807, 2.05) is 30.3 Å². The van der Waals surface area contributed by atoms with Crippen LogP contribution in [0.3, 0.4) is 0 Å². The highest BCUT2D eigenvalue weighted by atomic mass is 32.2. The summed E-state index contributed by atoms with van der Waals surface area (Å²) >= 11 is 0. The van der Waals surface area contributed by atoms with Gasteiger partial charge in [0.2, 0.25) is 5.89 Å². The van der Waals surface area contributed by atoms with Gasteiger partial charge in [0.25, 0.3) is 0 Å². The Kier molecular flexibility index (Phi) is 4.31. The highest BCUT2D eigenvalue weighted by Gasteiger charge is 2.29. The van der Waals surface area contributed by atoms with Crippen molar-refractivity contribution in [2.24, 2.45) is 0 Å². The Labute approximate surface area is 130 Å². The number of rotatable bonds is 4. The number of piperidine rings is 1. The first-order chi connectivity index (χ1) is 10.6. The summed E-state index contributed by atoms with van der Waals surface area (Å²) in [5.41, 5.74) is 1.51. The van der Waals surface area contributed by atoms with Crippen LogP contribution >= 0.6 is 0 Å². The van der Waals surface area contributed by atoms with Crippen LogP contribution in [-0.4, -0.2) is 31.7 Å². The number of hydrogen-bond acceptors (Lipinski definition) is 5. The van der Waals surface area contributed by atoms with Crippen LogP contribution in [0.1, 0.15) is 24.3 Å². The average molecular weight is 320 g/mol. The lowest BCUT2D eigenvalue weighted by Crippen LogP contribution is -2.36. The summed E-state index contributed by atoms with van der Waals surface area (Å²) in [5.74, 6) is 0.870. The van der Waals surface area contributed by atoms with Crippen molar-refractivity contribution >= 4 is 9.84 Å². The summed E-state index contributed by atoms with van der Waals surface area (Å²) in [6.45, 7) is 3.31. The van der Waals surface area contributed by atoms with Gasteiger partial charge in [-0.2, -0.15) is 0 Å². The molecule has 1 aliphatic rings. The molecule has 1 fully saturated rings. The Hall–Kier alpha value is -1.66. The van der Waals surface area contributed by atoms with Crippen molar-refractivity contribution < 1.29 is 12.8 Å². The second-order valence-electron chi connectivity index (χ2n) is 5.65. The molecule has 1 aromatic carbocycles. The van der Waals surface area contributed by atoms with Crippen LogP contribution in [0.25, 0.3) is 11.5 Å². The Balaban J connectivity index is 1.82. The molecule has 2 heterocycles. The zero-order valence-corrected chi connectivity index (χ0v) is 13.4. The maximum absolute atomic E-state index is 12.5. The first-order valence-electron chi connectivity index (χ1n) is 7.50. The predicted octanol–water partition coefficient (Wildman–Crippen LogP) is 2.32. The largest absolute Gasteiger partial charge is 0.440 e. The third-order valence-corrected chi connectivity index (χ3v) is 6.19. The van der Waals surface area contributed by atoms with Gasteiger partial charge < -0.3 is 9.73 Å². The van der Waals surface area contributed by atoms with E-state index in [2.05, 4.69) is 10.3 Å². The molecule has 0 radical (unpaired) electrons. The summed E-state index contributed by atoms with van der Waals surface area (Å²) in [6, 6.07) is 9.52. The molecule has 0 amide bonds. The Morgan fingerprint density at radius 2 is 1.91 bits per heavy atom. The van der Waals surface area contributed by atoms with Gasteiger partial charge in [-0.25, -0.2) is 13.4 Å². The highest BCUT2D eigenvalue weighted by Crippen LogP contribution is 2.25. The lowest BCUT2D eigenvalue weighted by Gasteiger charge is -2.22. The van der Waals surface area contributed by atoms with E-state index >= 15 is 0 Å². The van der Waals surface area contributed by atoms with Crippen LogP contribution in [-0.2, 0) is 15.6 Å². The van der Waals surface area contributed by atoms with Gasteiger partial charge in [-0.3, -0.25) is 0 Å². The van der Waals surface area contributed by atoms with Crippen molar-refractivity contribution in [3.8, 4) is 11.5 Å². The maximum atomic E-state index is 12.5. The Bertz CT molecular complexity index is 732. The van der Waals surface area contributed by atoms with Crippen LogP contribution in [0.4, 0.5) is 0 Å². The number of sulfone groups is 1. The molecule has 3 rings (SSSR count).